The normalized spacial score (nSPS) is 14.9. The lowest BCUT2D eigenvalue weighted by Crippen LogP contribution is -2.42. The minimum atomic E-state index is -0.0304. The number of nitrogens with zero attached hydrogens (tertiary/aromatic N) is 2. The third kappa shape index (κ3) is 1.82. The number of rotatable bonds is 1. The van der Waals surface area contributed by atoms with Gasteiger partial charge in [-0.05, 0) is 20.3 Å². The monoisotopic (exact) mass is 209 g/mol. The average Bonchev–Trinajstić information content (AvgIpc) is 2.60. The van der Waals surface area contributed by atoms with Gasteiger partial charge in [0.15, 0.2) is 5.76 Å². The number of hydrogen-bond donors (Lipinski definition) is 1. The lowest BCUT2D eigenvalue weighted by molar-refractivity contribution is 0.184. The summed E-state index contributed by atoms with van der Waals surface area (Å²) >= 11 is 0. The van der Waals surface area contributed by atoms with Crippen LogP contribution in [0.1, 0.15) is 23.9 Å². The Hall–Kier alpha value is -1.52. The smallest absolute Gasteiger partial charge is 0.317 e. The van der Waals surface area contributed by atoms with Gasteiger partial charge in [0.25, 0.3) is 0 Å². The predicted octanol–water partition coefficient (Wildman–Crippen LogP) is 1.07. The first-order valence-electron chi connectivity index (χ1n) is 5.19. The molecule has 1 aliphatic rings. The molecule has 1 N–H and O–H groups in total. The van der Waals surface area contributed by atoms with Crippen LogP contribution in [0.5, 0.6) is 0 Å². The fraction of sp³-hybridized carbons (Fsp3) is 0.600. The van der Waals surface area contributed by atoms with Crippen molar-refractivity contribution in [1.82, 2.24) is 15.4 Å². The van der Waals surface area contributed by atoms with Crippen molar-refractivity contribution in [2.24, 2.45) is 0 Å². The molecule has 1 aromatic heterocycles. The van der Waals surface area contributed by atoms with E-state index in [1.807, 2.05) is 13.8 Å². The molecule has 0 saturated heterocycles. The molecule has 0 spiro atoms. The number of hydrogen-bond acceptors (Lipinski definition) is 3. The summed E-state index contributed by atoms with van der Waals surface area (Å²) in [7, 11) is 0. The summed E-state index contributed by atoms with van der Waals surface area (Å²) in [4.78, 5) is 13.3. The summed E-state index contributed by atoms with van der Waals surface area (Å²) in [6.07, 6.45) is 0.835. The first kappa shape index (κ1) is 10.0. The molecule has 5 heteroatoms. The molecule has 0 fully saturated rings. The Morgan fingerprint density at radius 3 is 3.20 bits per heavy atom. The van der Waals surface area contributed by atoms with Gasteiger partial charge in [0.1, 0.15) is 0 Å². The maximum absolute atomic E-state index is 11.6. The largest absolute Gasteiger partial charge is 0.359 e. The summed E-state index contributed by atoms with van der Waals surface area (Å²) in [6, 6.07) is -0.0304. The van der Waals surface area contributed by atoms with E-state index >= 15 is 0 Å². The van der Waals surface area contributed by atoms with Crippen LogP contribution in [0.25, 0.3) is 0 Å². The van der Waals surface area contributed by atoms with Gasteiger partial charge in [-0.2, -0.15) is 0 Å². The zero-order valence-electron chi connectivity index (χ0n) is 9.04. The molecular formula is C10H15N3O2. The van der Waals surface area contributed by atoms with Crippen molar-refractivity contribution in [3.05, 3.63) is 17.0 Å². The number of urea groups is 1. The summed E-state index contributed by atoms with van der Waals surface area (Å²) < 4.78 is 5.17. The Labute approximate surface area is 88.4 Å². The molecule has 0 aliphatic carbocycles. The summed E-state index contributed by atoms with van der Waals surface area (Å²) in [5.41, 5.74) is 2.11. The fourth-order valence-electron chi connectivity index (χ4n) is 1.82. The number of aromatic nitrogens is 1. The Kier molecular flexibility index (Phi) is 2.62. The van der Waals surface area contributed by atoms with Gasteiger partial charge in [0, 0.05) is 18.7 Å². The van der Waals surface area contributed by atoms with Crippen molar-refractivity contribution in [2.75, 3.05) is 13.1 Å². The van der Waals surface area contributed by atoms with E-state index in [9.17, 15) is 4.79 Å². The Morgan fingerprint density at radius 2 is 2.47 bits per heavy atom. The standard InChI is InChI=1S/C10H15N3O2/c1-3-11-10(14)13-5-4-8-7(2)12-15-9(8)6-13/h3-6H2,1-2H3,(H,11,14). The van der Waals surface area contributed by atoms with Gasteiger partial charge in [-0.1, -0.05) is 5.16 Å². The lowest BCUT2D eigenvalue weighted by Gasteiger charge is -2.25. The van der Waals surface area contributed by atoms with Crippen LogP contribution in [0.2, 0.25) is 0 Å². The van der Waals surface area contributed by atoms with Gasteiger partial charge in [0.05, 0.1) is 12.2 Å². The van der Waals surface area contributed by atoms with E-state index in [1.54, 1.807) is 4.90 Å². The molecule has 0 aromatic carbocycles. The fourth-order valence-corrected chi connectivity index (χ4v) is 1.82. The molecular weight excluding hydrogens is 194 g/mol. The zero-order chi connectivity index (χ0) is 10.8. The van der Waals surface area contributed by atoms with Crippen molar-refractivity contribution in [3.8, 4) is 0 Å². The molecule has 1 aliphatic heterocycles. The zero-order valence-corrected chi connectivity index (χ0v) is 9.04. The highest BCUT2D eigenvalue weighted by molar-refractivity contribution is 5.74. The number of fused-ring (bicyclic) bond motifs is 1. The third-order valence-electron chi connectivity index (χ3n) is 2.65. The van der Waals surface area contributed by atoms with Crippen molar-refractivity contribution < 1.29 is 9.32 Å². The maximum atomic E-state index is 11.6. The van der Waals surface area contributed by atoms with Crippen LogP contribution in [-0.2, 0) is 13.0 Å². The number of aryl methyl sites for hydroxylation is 1. The highest BCUT2D eigenvalue weighted by atomic mass is 16.5. The summed E-state index contributed by atoms with van der Waals surface area (Å²) in [5, 5.41) is 6.68. The van der Waals surface area contributed by atoms with Crippen LogP contribution in [0.3, 0.4) is 0 Å². The first-order valence-corrected chi connectivity index (χ1v) is 5.19. The summed E-state index contributed by atoms with van der Waals surface area (Å²) in [5.74, 6) is 0.824. The second-order valence-corrected chi connectivity index (χ2v) is 3.68. The molecule has 0 saturated carbocycles. The number of carbonyl (C=O) groups excluding carboxylic acids is 1. The van der Waals surface area contributed by atoms with Crippen LogP contribution in [0.4, 0.5) is 4.79 Å². The molecule has 0 atom stereocenters. The van der Waals surface area contributed by atoms with E-state index in [2.05, 4.69) is 10.5 Å². The minimum Gasteiger partial charge on any atom is -0.359 e. The Bertz CT molecular complexity index is 373. The Morgan fingerprint density at radius 1 is 1.67 bits per heavy atom. The molecule has 2 amide bonds. The lowest BCUT2D eigenvalue weighted by atomic mass is 10.1. The molecule has 5 nitrogen and oxygen atoms in total. The summed E-state index contributed by atoms with van der Waals surface area (Å²) in [6.45, 7) is 5.76. The van der Waals surface area contributed by atoms with Crippen LogP contribution < -0.4 is 5.32 Å². The van der Waals surface area contributed by atoms with Crippen molar-refractivity contribution in [2.45, 2.75) is 26.8 Å². The molecule has 0 radical (unpaired) electrons. The van der Waals surface area contributed by atoms with Gasteiger partial charge < -0.3 is 14.7 Å². The van der Waals surface area contributed by atoms with E-state index in [4.69, 9.17) is 4.52 Å². The molecule has 1 aromatic rings. The molecule has 2 rings (SSSR count). The van der Waals surface area contributed by atoms with Gasteiger partial charge in [0.2, 0.25) is 0 Å². The van der Waals surface area contributed by atoms with Crippen LogP contribution in [-0.4, -0.2) is 29.2 Å². The highest BCUT2D eigenvalue weighted by Crippen LogP contribution is 2.21. The second kappa shape index (κ2) is 3.92. The number of amides is 2. The molecule has 2 heterocycles. The third-order valence-corrected chi connectivity index (χ3v) is 2.65. The van der Waals surface area contributed by atoms with Crippen molar-refractivity contribution >= 4 is 6.03 Å². The highest BCUT2D eigenvalue weighted by Gasteiger charge is 2.24. The molecule has 0 unspecified atom stereocenters. The number of carbonyl (C=O) groups is 1. The first-order chi connectivity index (χ1) is 7.22. The van der Waals surface area contributed by atoms with Gasteiger partial charge in [-0.15, -0.1) is 0 Å². The van der Waals surface area contributed by atoms with E-state index in [0.29, 0.717) is 13.1 Å². The van der Waals surface area contributed by atoms with E-state index in [1.165, 1.54) is 0 Å². The van der Waals surface area contributed by atoms with Crippen LogP contribution >= 0.6 is 0 Å². The SMILES string of the molecule is CCNC(=O)N1CCc2c(C)noc2C1. The van der Waals surface area contributed by atoms with E-state index in [0.717, 1.165) is 30.0 Å². The second-order valence-electron chi connectivity index (χ2n) is 3.68. The number of nitrogens with one attached hydrogen (secondary N) is 1. The topological polar surface area (TPSA) is 58.4 Å². The van der Waals surface area contributed by atoms with Gasteiger partial charge in [-0.25, -0.2) is 4.79 Å². The van der Waals surface area contributed by atoms with Crippen molar-refractivity contribution in [1.29, 1.82) is 0 Å². The minimum absolute atomic E-state index is 0.0304. The van der Waals surface area contributed by atoms with E-state index < -0.39 is 0 Å². The molecule has 82 valence electrons. The quantitative estimate of drug-likeness (QED) is 0.752. The predicted molar refractivity (Wildman–Crippen MR) is 54.4 cm³/mol. The van der Waals surface area contributed by atoms with Gasteiger partial charge in [-0.3, -0.25) is 0 Å². The molecule has 0 bridgehead atoms. The van der Waals surface area contributed by atoms with Gasteiger partial charge >= 0.3 is 6.03 Å². The van der Waals surface area contributed by atoms with Crippen molar-refractivity contribution in [3.63, 3.8) is 0 Å². The maximum Gasteiger partial charge on any atom is 0.317 e. The van der Waals surface area contributed by atoms with E-state index in [-0.39, 0.29) is 6.03 Å². The van der Waals surface area contributed by atoms with Crippen LogP contribution in [0, 0.1) is 6.92 Å². The van der Waals surface area contributed by atoms with Crippen LogP contribution in [0.15, 0.2) is 4.52 Å². The molecule has 15 heavy (non-hydrogen) atoms. The Balaban J connectivity index is 2.09. The average molecular weight is 209 g/mol.